The van der Waals surface area contributed by atoms with E-state index in [2.05, 4.69) is 23.4 Å². The Kier molecular flexibility index (Phi) is 3.68. The van der Waals surface area contributed by atoms with Crippen LogP contribution in [0.15, 0.2) is 30.6 Å². The van der Waals surface area contributed by atoms with Crippen LogP contribution in [-0.2, 0) is 19.4 Å². The minimum atomic E-state index is 0.186. The molecule has 2 aromatic rings. The molecule has 0 radical (unpaired) electrons. The van der Waals surface area contributed by atoms with Crippen molar-refractivity contribution in [2.75, 3.05) is 6.54 Å². The first-order valence-corrected chi connectivity index (χ1v) is 8.62. The largest absolute Gasteiger partial charge is 0.334 e. The van der Waals surface area contributed by atoms with E-state index < -0.39 is 0 Å². The summed E-state index contributed by atoms with van der Waals surface area (Å²) in [7, 11) is 0. The Morgan fingerprint density at radius 2 is 2.13 bits per heavy atom. The summed E-state index contributed by atoms with van der Waals surface area (Å²) in [6, 6.07) is 6.55. The lowest BCUT2D eigenvalue weighted by Gasteiger charge is -2.25. The van der Waals surface area contributed by atoms with Crippen molar-refractivity contribution in [1.29, 1.82) is 0 Å². The highest BCUT2D eigenvalue weighted by Gasteiger charge is 2.30. The Hall–Kier alpha value is -2.10. The number of nitrogens with zero attached hydrogens (tertiary/aromatic N) is 3. The first-order chi connectivity index (χ1) is 11.2. The van der Waals surface area contributed by atoms with Crippen molar-refractivity contribution < 1.29 is 4.79 Å². The lowest BCUT2D eigenvalue weighted by Crippen LogP contribution is -2.38. The summed E-state index contributed by atoms with van der Waals surface area (Å²) < 4.78 is 1.97. The maximum Gasteiger partial charge on any atom is 0.254 e. The zero-order chi connectivity index (χ0) is 15.8. The summed E-state index contributed by atoms with van der Waals surface area (Å²) in [6.07, 6.45) is 9.58. The average molecular weight is 309 g/mol. The molecule has 0 N–H and O–H groups in total. The lowest BCUT2D eigenvalue weighted by molar-refractivity contribution is 0.0721. The van der Waals surface area contributed by atoms with Gasteiger partial charge in [-0.15, -0.1) is 0 Å². The molecule has 1 fully saturated rings. The Morgan fingerprint density at radius 1 is 1.26 bits per heavy atom. The molecule has 1 atom stereocenters. The molecule has 1 aliphatic heterocycles. The molecule has 1 aromatic carbocycles. The van der Waals surface area contributed by atoms with Crippen LogP contribution in [0.2, 0.25) is 0 Å². The first-order valence-electron chi connectivity index (χ1n) is 8.62. The van der Waals surface area contributed by atoms with E-state index in [-0.39, 0.29) is 11.9 Å². The molecule has 1 aliphatic carbocycles. The number of carbonyl (C=O) groups is 1. The number of fused-ring (bicyclic) bond motifs is 1. The van der Waals surface area contributed by atoms with Crippen LogP contribution in [0.5, 0.6) is 0 Å². The molecule has 2 heterocycles. The van der Waals surface area contributed by atoms with Crippen LogP contribution in [-0.4, -0.2) is 33.2 Å². The quantitative estimate of drug-likeness (QED) is 0.874. The summed E-state index contributed by atoms with van der Waals surface area (Å²) in [5.41, 5.74) is 4.81. The van der Waals surface area contributed by atoms with Gasteiger partial charge in [-0.25, -0.2) is 0 Å². The summed E-state index contributed by atoms with van der Waals surface area (Å²) in [5, 5.41) is 4.37. The maximum atomic E-state index is 12.9. The number of aryl methyl sites for hydroxylation is 3. The van der Waals surface area contributed by atoms with E-state index in [0.717, 1.165) is 44.3 Å². The monoisotopic (exact) mass is 309 g/mol. The number of benzene rings is 1. The lowest BCUT2D eigenvalue weighted by atomic mass is 10.1. The fraction of sp³-hybridized carbons (Fsp3) is 0.474. The molecule has 0 bridgehead atoms. The number of hydrogen-bond acceptors (Lipinski definition) is 2. The van der Waals surface area contributed by atoms with E-state index >= 15 is 0 Å². The topological polar surface area (TPSA) is 38.1 Å². The van der Waals surface area contributed by atoms with Crippen molar-refractivity contribution in [3.8, 4) is 0 Å². The third-order valence-electron chi connectivity index (χ3n) is 5.14. The minimum absolute atomic E-state index is 0.186. The van der Waals surface area contributed by atoms with E-state index in [1.165, 1.54) is 23.1 Å². The second kappa shape index (κ2) is 5.84. The van der Waals surface area contributed by atoms with Gasteiger partial charge in [-0.1, -0.05) is 6.07 Å². The van der Waals surface area contributed by atoms with Crippen LogP contribution in [0.25, 0.3) is 0 Å². The van der Waals surface area contributed by atoms with Crippen LogP contribution >= 0.6 is 0 Å². The third-order valence-corrected chi connectivity index (χ3v) is 5.14. The van der Waals surface area contributed by atoms with Gasteiger partial charge in [0.25, 0.3) is 5.91 Å². The Morgan fingerprint density at radius 3 is 2.96 bits per heavy atom. The molecular formula is C19H23N3O. The highest BCUT2D eigenvalue weighted by atomic mass is 16.2. The smallest absolute Gasteiger partial charge is 0.254 e. The van der Waals surface area contributed by atoms with Crippen LogP contribution in [0, 0.1) is 6.92 Å². The van der Waals surface area contributed by atoms with Gasteiger partial charge in [0.15, 0.2) is 0 Å². The Balaban J connectivity index is 1.52. The summed E-state index contributed by atoms with van der Waals surface area (Å²) in [4.78, 5) is 15.0. The van der Waals surface area contributed by atoms with Crippen LogP contribution in [0.1, 0.15) is 46.3 Å². The van der Waals surface area contributed by atoms with Crippen molar-refractivity contribution in [3.63, 3.8) is 0 Å². The van der Waals surface area contributed by atoms with E-state index in [9.17, 15) is 4.79 Å². The molecule has 1 unspecified atom stereocenters. The predicted molar refractivity (Wildman–Crippen MR) is 89.5 cm³/mol. The van der Waals surface area contributed by atoms with Crippen molar-refractivity contribution in [2.45, 2.75) is 51.6 Å². The number of rotatable bonds is 3. The van der Waals surface area contributed by atoms with E-state index in [1.54, 1.807) is 0 Å². The molecule has 4 heteroatoms. The molecule has 1 saturated heterocycles. The normalized spacial score (nSPS) is 20.0. The van der Waals surface area contributed by atoms with Gasteiger partial charge < -0.3 is 4.90 Å². The minimum Gasteiger partial charge on any atom is -0.334 e. The van der Waals surface area contributed by atoms with Gasteiger partial charge in [-0.3, -0.25) is 9.48 Å². The molecule has 4 rings (SSSR count). The summed E-state index contributed by atoms with van der Waals surface area (Å²) >= 11 is 0. The van der Waals surface area contributed by atoms with Gasteiger partial charge in [0, 0.05) is 18.3 Å². The average Bonchev–Trinajstić information content (AvgIpc) is 3.27. The fourth-order valence-corrected chi connectivity index (χ4v) is 3.95. The fourth-order valence-electron chi connectivity index (χ4n) is 3.95. The zero-order valence-electron chi connectivity index (χ0n) is 13.7. The highest BCUT2D eigenvalue weighted by Crippen LogP contribution is 2.26. The first kappa shape index (κ1) is 14.5. The number of aromatic nitrogens is 2. The Bertz CT molecular complexity index is 734. The van der Waals surface area contributed by atoms with Gasteiger partial charge in [-0.2, -0.15) is 5.10 Å². The third kappa shape index (κ3) is 2.78. The van der Waals surface area contributed by atoms with Crippen molar-refractivity contribution in [1.82, 2.24) is 14.7 Å². The van der Waals surface area contributed by atoms with Crippen LogP contribution in [0.4, 0.5) is 0 Å². The molecule has 23 heavy (non-hydrogen) atoms. The second-order valence-corrected chi connectivity index (χ2v) is 6.87. The van der Waals surface area contributed by atoms with Crippen molar-refractivity contribution in [3.05, 3.63) is 52.8 Å². The second-order valence-electron chi connectivity index (χ2n) is 6.87. The Labute approximate surface area is 137 Å². The van der Waals surface area contributed by atoms with Crippen LogP contribution in [0.3, 0.4) is 0 Å². The summed E-state index contributed by atoms with van der Waals surface area (Å²) in [6.45, 7) is 3.71. The molecule has 0 spiro atoms. The zero-order valence-corrected chi connectivity index (χ0v) is 13.7. The SMILES string of the molecule is Cc1cnn(CC2CCCN2C(=O)c2ccc3c(c2)CCC3)c1. The van der Waals surface area contributed by atoms with Crippen LogP contribution < -0.4 is 0 Å². The van der Waals surface area contributed by atoms with E-state index in [0.29, 0.717) is 0 Å². The van der Waals surface area contributed by atoms with Gasteiger partial charge in [0.2, 0.25) is 0 Å². The van der Waals surface area contributed by atoms with E-state index in [1.807, 2.05) is 28.8 Å². The molecule has 0 saturated carbocycles. The van der Waals surface area contributed by atoms with Gasteiger partial charge in [-0.05, 0) is 67.9 Å². The number of hydrogen-bond donors (Lipinski definition) is 0. The molecule has 4 nitrogen and oxygen atoms in total. The summed E-state index contributed by atoms with van der Waals surface area (Å²) in [5.74, 6) is 0.186. The van der Waals surface area contributed by atoms with Gasteiger partial charge in [0.1, 0.15) is 0 Å². The standard InChI is InChI=1S/C19H23N3O/c1-14-11-20-21(12-14)13-18-6-3-9-22(18)19(23)17-8-7-15-4-2-5-16(15)10-17/h7-8,10-12,18H,2-6,9,13H2,1H3. The molecule has 1 amide bonds. The number of likely N-dealkylation sites (tertiary alicyclic amines) is 1. The van der Waals surface area contributed by atoms with Gasteiger partial charge in [0.05, 0.1) is 18.8 Å². The molecule has 2 aliphatic rings. The molecule has 120 valence electrons. The van der Waals surface area contributed by atoms with E-state index in [4.69, 9.17) is 0 Å². The molecule has 1 aromatic heterocycles. The predicted octanol–water partition coefficient (Wildman–Crippen LogP) is 2.99. The van der Waals surface area contributed by atoms with Crippen molar-refractivity contribution >= 4 is 5.91 Å². The van der Waals surface area contributed by atoms with Gasteiger partial charge >= 0.3 is 0 Å². The maximum absolute atomic E-state index is 12.9. The highest BCUT2D eigenvalue weighted by molar-refractivity contribution is 5.95. The number of amides is 1. The van der Waals surface area contributed by atoms with Crippen molar-refractivity contribution in [2.24, 2.45) is 0 Å². The number of carbonyl (C=O) groups excluding carboxylic acids is 1. The molecular weight excluding hydrogens is 286 g/mol.